The zero-order valence-electron chi connectivity index (χ0n) is 13.2. The first-order valence-electron chi connectivity index (χ1n) is 7.12. The highest BCUT2D eigenvalue weighted by atomic mass is 16.5. The molecule has 110 valence electrons. The Hall–Kier alpha value is -0.870. The molecule has 0 saturated heterocycles. The van der Waals surface area contributed by atoms with Gasteiger partial charge in [-0.05, 0) is 18.4 Å². The third kappa shape index (κ3) is 4.62. The van der Waals surface area contributed by atoms with Crippen LogP contribution in [0.1, 0.15) is 39.9 Å². The Morgan fingerprint density at radius 2 is 2.11 bits per heavy atom. The highest BCUT2D eigenvalue weighted by molar-refractivity contribution is 4.98. The van der Waals surface area contributed by atoms with Gasteiger partial charge in [-0.2, -0.15) is 0 Å². The van der Waals surface area contributed by atoms with Crippen LogP contribution in [0.25, 0.3) is 0 Å². The Labute approximate surface area is 117 Å². The number of ether oxygens (including phenoxy) is 1. The molecule has 0 aliphatic heterocycles. The molecular formula is C15H29N3O. The number of hydrogen-bond acceptors (Lipinski definition) is 3. The summed E-state index contributed by atoms with van der Waals surface area (Å²) in [6.45, 7) is 9.86. The second-order valence-electron chi connectivity index (χ2n) is 6.24. The van der Waals surface area contributed by atoms with Gasteiger partial charge in [0.15, 0.2) is 0 Å². The summed E-state index contributed by atoms with van der Waals surface area (Å²) in [5.41, 5.74) is 0.103. The van der Waals surface area contributed by atoms with Crippen molar-refractivity contribution in [1.82, 2.24) is 14.9 Å². The van der Waals surface area contributed by atoms with Crippen molar-refractivity contribution >= 4 is 0 Å². The largest absolute Gasteiger partial charge is 0.379 e. The first-order chi connectivity index (χ1) is 8.90. The molecule has 4 heteroatoms. The summed E-state index contributed by atoms with van der Waals surface area (Å²) in [6, 6.07) is 0.283. The Bertz CT molecular complexity index is 368. The highest BCUT2D eigenvalue weighted by Crippen LogP contribution is 2.26. The highest BCUT2D eigenvalue weighted by Gasteiger charge is 2.32. The van der Waals surface area contributed by atoms with Gasteiger partial charge in [0.1, 0.15) is 5.82 Å². The lowest BCUT2D eigenvalue weighted by Gasteiger charge is -2.36. The lowest BCUT2D eigenvalue weighted by Crippen LogP contribution is -2.49. The smallest absolute Gasteiger partial charge is 0.110 e. The summed E-state index contributed by atoms with van der Waals surface area (Å²) in [6.07, 6.45) is 6.02. The van der Waals surface area contributed by atoms with Crippen molar-refractivity contribution in [3.05, 3.63) is 18.2 Å². The minimum atomic E-state index is 0.103. The van der Waals surface area contributed by atoms with Crippen molar-refractivity contribution in [2.45, 2.75) is 52.7 Å². The molecule has 1 rings (SSSR count). The summed E-state index contributed by atoms with van der Waals surface area (Å²) in [7, 11) is 3.84. The molecule has 2 atom stereocenters. The van der Waals surface area contributed by atoms with Crippen LogP contribution in [0, 0.1) is 5.41 Å². The van der Waals surface area contributed by atoms with E-state index in [1.165, 1.54) is 0 Å². The monoisotopic (exact) mass is 267 g/mol. The van der Waals surface area contributed by atoms with Crippen molar-refractivity contribution in [1.29, 1.82) is 0 Å². The molecule has 0 amide bonds. The van der Waals surface area contributed by atoms with E-state index in [4.69, 9.17) is 4.74 Å². The van der Waals surface area contributed by atoms with Crippen LogP contribution in [0.5, 0.6) is 0 Å². The first-order valence-corrected chi connectivity index (χ1v) is 7.12. The molecule has 19 heavy (non-hydrogen) atoms. The van der Waals surface area contributed by atoms with Crippen LogP contribution >= 0.6 is 0 Å². The van der Waals surface area contributed by atoms with Crippen LogP contribution in [0.15, 0.2) is 12.4 Å². The summed E-state index contributed by atoms with van der Waals surface area (Å²) in [5.74, 6) is 1.10. The van der Waals surface area contributed by atoms with E-state index in [-0.39, 0.29) is 17.6 Å². The molecule has 1 heterocycles. The van der Waals surface area contributed by atoms with Crippen molar-refractivity contribution < 1.29 is 4.74 Å². The van der Waals surface area contributed by atoms with E-state index in [1.807, 2.05) is 19.4 Å². The molecule has 0 radical (unpaired) electrons. The van der Waals surface area contributed by atoms with Crippen molar-refractivity contribution in [2.75, 3.05) is 13.7 Å². The fraction of sp³-hybridized carbons (Fsp3) is 0.800. The van der Waals surface area contributed by atoms with E-state index in [0.29, 0.717) is 0 Å². The Morgan fingerprint density at radius 3 is 2.53 bits per heavy atom. The zero-order chi connectivity index (χ0) is 14.5. The third-order valence-electron chi connectivity index (χ3n) is 3.45. The molecule has 0 fully saturated rings. The average Bonchev–Trinajstić information content (AvgIpc) is 2.70. The minimum absolute atomic E-state index is 0.103. The van der Waals surface area contributed by atoms with Gasteiger partial charge in [0.25, 0.3) is 0 Å². The van der Waals surface area contributed by atoms with Crippen molar-refractivity contribution in [2.24, 2.45) is 12.5 Å². The van der Waals surface area contributed by atoms with Gasteiger partial charge in [-0.25, -0.2) is 4.98 Å². The summed E-state index contributed by atoms with van der Waals surface area (Å²) < 4.78 is 7.84. The van der Waals surface area contributed by atoms with E-state index in [2.05, 4.69) is 42.6 Å². The summed E-state index contributed by atoms with van der Waals surface area (Å²) in [4.78, 5) is 4.43. The van der Waals surface area contributed by atoms with Crippen LogP contribution in [-0.2, 0) is 18.2 Å². The van der Waals surface area contributed by atoms with Gasteiger partial charge >= 0.3 is 0 Å². The van der Waals surface area contributed by atoms with Gasteiger partial charge < -0.3 is 14.6 Å². The zero-order valence-corrected chi connectivity index (χ0v) is 13.2. The molecule has 0 bridgehead atoms. The maximum absolute atomic E-state index is 5.76. The molecule has 4 nitrogen and oxygen atoms in total. The number of aryl methyl sites for hydroxylation is 1. The number of rotatable bonds is 7. The van der Waals surface area contributed by atoms with E-state index in [0.717, 1.165) is 25.2 Å². The second kappa shape index (κ2) is 7.06. The SMILES string of the molecule is CCCNC(Cc1nccn1C)C(OC)C(C)(C)C. The summed E-state index contributed by atoms with van der Waals surface area (Å²) >= 11 is 0. The van der Waals surface area contributed by atoms with Crippen molar-refractivity contribution in [3.8, 4) is 0 Å². The predicted octanol–water partition coefficient (Wildman–Crippen LogP) is 2.39. The first kappa shape index (κ1) is 16.2. The average molecular weight is 267 g/mol. The molecule has 0 aromatic carbocycles. The number of nitrogens with zero attached hydrogens (tertiary/aromatic N) is 2. The number of aromatic nitrogens is 2. The molecule has 0 aliphatic carbocycles. The van der Waals surface area contributed by atoms with Crippen LogP contribution in [0.4, 0.5) is 0 Å². The number of nitrogens with one attached hydrogen (secondary N) is 1. The standard InChI is InChI=1S/C15H29N3O/c1-7-8-16-12(14(19-6)15(2,3)4)11-13-17-9-10-18(13)5/h9-10,12,14,16H,7-8,11H2,1-6H3. The van der Waals surface area contributed by atoms with Gasteiger partial charge in [0, 0.05) is 39.0 Å². The van der Waals surface area contributed by atoms with Crippen LogP contribution in [-0.4, -0.2) is 35.4 Å². The molecule has 2 unspecified atom stereocenters. The Balaban J connectivity index is 2.84. The third-order valence-corrected chi connectivity index (χ3v) is 3.45. The van der Waals surface area contributed by atoms with E-state index in [1.54, 1.807) is 7.11 Å². The van der Waals surface area contributed by atoms with Gasteiger partial charge in [-0.1, -0.05) is 27.7 Å². The van der Waals surface area contributed by atoms with E-state index >= 15 is 0 Å². The molecular weight excluding hydrogens is 238 g/mol. The van der Waals surface area contributed by atoms with E-state index in [9.17, 15) is 0 Å². The maximum Gasteiger partial charge on any atom is 0.110 e. The van der Waals surface area contributed by atoms with Gasteiger partial charge in [-0.15, -0.1) is 0 Å². The molecule has 0 spiro atoms. The Morgan fingerprint density at radius 1 is 1.42 bits per heavy atom. The lowest BCUT2D eigenvalue weighted by molar-refractivity contribution is -0.0115. The topological polar surface area (TPSA) is 39.1 Å². The molecule has 0 saturated carbocycles. The minimum Gasteiger partial charge on any atom is -0.379 e. The van der Waals surface area contributed by atoms with Crippen LogP contribution in [0.3, 0.4) is 0 Å². The number of hydrogen-bond donors (Lipinski definition) is 1. The van der Waals surface area contributed by atoms with Gasteiger partial charge in [0.05, 0.1) is 6.10 Å². The maximum atomic E-state index is 5.76. The van der Waals surface area contributed by atoms with Crippen molar-refractivity contribution in [3.63, 3.8) is 0 Å². The molecule has 1 aromatic rings. The fourth-order valence-corrected chi connectivity index (χ4v) is 2.53. The normalized spacial score (nSPS) is 15.5. The van der Waals surface area contributed by atoms with Crippen LogP contribution < -0.4 is 5.32 Å². The lowest BCUT2D eigenvalue weighted by atomic mass is 9.83. The Kier molecular flexibility index (Phi) is 6.01. The molecule has 1 N–H and O–H groups in total. The molecule has 0 aliphatic rings. The quantitative estimate of drug-likeness (QED) is 0.824. The predicted molar refractivity (Wildman–Crippen MR) is 79.2 cm³/mol. The van der Waals surface area contributed by atoms with Gasteiger partial charge in [-0.3, -0.25) is 0 Å². The van der Waals surface area contributed by atoms with E-state index < -0.39 is 0 Å². The molecule has 1 aromatic heterocycles. The summed E-state index contributed by atoms with van der Waals surface area (Å²) in [5, 5.41) is 3.61. The second-order valence-corrected chi connectivity index (χ2v) is 6.24. The number of imidazole rings is 1. The van der Waals surface area contributed by atoms with Crippen LogP contribution in [0.2, 0.25) is 0 Å². The van der Waals surface area contributed by atoms with Gasteiger partial charge in [0.2, 0.25) is 0 Å². The fourth-order valence-electron chi connectivity index (χ4n) is 2.53. The number of methoxy groups -OCH3 is 1.